The summed E-state index contributed by atoms with van der Waals surface area (Å²) in [6, 6.07) is 9.32. The minimum absolute atomic E-state index is 0.0151. The number of aromatic nitrogens is 3. The molecular weight excluding hydrogens is 600 g/mol. The fraction of sp³-hybridized carbons (Fsp3) is 0.536. The lowest BCUT2D eigenvalue weighted by molar-refractivity contribution is -0.0128. The molecule has 1 amide bonds. The molecule has 3 atom stereocenters. The average Bonchev–Trinajstić information content (AvgIpc) is 3.28. The van der Waals surface area contributed by atoms with E-state index in [4.69, 9.17) is 20.8 Å². The van der Waals surface area contributed by atoms with E-state index in [1.54, 1.807) is 22.0 Å². The lowest BCUT2D eigenvalue weighted by Crippen LogP contribution is -2.57. The Hall–Kier alpha value is -1.98. The van der Waals surface area contributed by atoms with Crippen molar-refractivity contribution < 1.29 is 19.1 Å². The zero-order valence-corrected chi connectivity index (χ0v) is 26.6. The zero-order valence-electron chi connectivity index (χ0n) is 23.2. The van der Waals surface area contributed by atoms with E-state index in [2.05, 4.69) is 59.8 Å². The van der Waals surface area contributed by atoms with Crippen molar-refractivity contribution in [3.63, 3.8) is 0 Å². The number of halogens is 2. The summed E-state index contributed by atoms with van der Waals surface area (Å²) >= 11 is 9.76. The number of aliphatic hydroxyl groups is 1. The Labute approximate surface area is 244 Å². The summed E-state index contributed by atoms with van der Waals surface area (Å²) in [5.41, 5.74) is 2.10. The van der Waals surface area contributed by atoms with Crippen LogP contribution in [0.5, 0.6) is 0 Å². The Kier molecular flexibility index (Phi) is 9.43. The van der Waals surface area contributed by atoms with Crippen molar-refractivity contribution in [2.75, 3.05) is 6.54 Å². The molecule has 1 aliphatic rings. The quantitative estimate of drug-likeness (QED) is 0.274. The summed E-state index contributed by atoms with van der Waals surface area (Å²) in [5.74, 6) is 0. The monoisotopic (exact) mass is 636 g/mol. The van der Waals surface area contributed by atoms with E-state index in [1.807, 2.05) is 30.3 Å². The molecule has 212 valence electrons. The van der Waals surface area contributed by atoms with Crippen LogP contribution in [0.3, 0.4) is 0 Å². The molecule has 1 unspecified atom stereocenters. The van der Waals surface area contributed by atoms with Gasteiger partial charge in [-0.25, -0.2) is 14.8 Å². The highest BCUT2D eigenvalue weighted by molar-refractivity contribution is 9.10. The molecule has 1 saturated heterocycles. The van der Waals surface area contributed by atoms with E-state index in [9.17, 15) is 9.90 Å². The van der Waals surface area contributed by atoms with Crippen LogP contribution < -0.4 is 0 Å². The highest BCUT2D eigenvalue weighted by atomic mass is 79.9. The van der Waals surface area contributed by atoms with Gasteiger partial charge in [0.1, 0.15) is 12.1 Å². The first-order chi connectivity index (χ1) is 18.4. The number of nitrogens with zero attached hydrogens (tertiary/aromatic N) is 4. The minimum atomic E-state index is -2.14. The molecule has 0 aliphatic carbocycles. The van der Waals surface area contributed by atoms with E-state index < -0.39 is 14.4 Å². The number of fused-ring (bicyclic) bond motifs is 1. The Morgan fingerprint density at radius 3 is 2.67 bits per heavy atom. The second kappa shape index (κ2) is 12.3. The van der Waals surface area contributed by atoms with Gasteiger partial charge in [0, 0.05) is 12.7 Å². The fourth-order valence-electron chi connectivity index (χ4n) is 4.69. The smallest absolute Gasteiger partial charge is 0.410 e. The van der Waals surface area contributed by atoms with Crippen molar-refractivity contribution in [1.82, 2.24) is 19.4 Å². The third kappa shape index (κ3) is 7.03. The maximum Gasteiger partial charge on any atom is 0.410 e. The van der Waals surface area contributed by atoms with E-state index in [0.29, 0.717) is 33.6 Å². The summed E-state index contributed by atoms with van der Waals surface area (Å²) in [6.07, 6.45) is 3.89. The lowest BCUT2D eigenvalue weighted by atomic mass is 9.94. The molecule has 3 heterocycles. The number of carbonyl (C=O) groups is 1. The van der Waals surface area contributed by atoms with Crippen molar-refractivity contribution in [3.05, 3.63) is 57.9 Å². The summed E-state index contributed by atoms with van der Waals surface area (Å²) < 4.78 is 15.0. The van der Waals surface area contributed by atoms with Crippen LogP contribution in [-0.2, 0) is 22.3 Å². The molecule has 1 fully saturated rings. The van der Waals surface area contributed by atoms with Gasteiger partial charge in [0.05, 0.1) is 40.6 Å². The van der Waals surface area contributed by atoms with Crippen LogP contribution in [0.2, 0.25) is 23.2 Å². The molecule has 1 aliphatic heterocycles. The van der Waals surface area contributed by atoms with Crippen LogP contribution in [-0.4, -0.2) is 63.7 Å². The molecule has 2 aromatic heterocycles. The summed E-state index contributed by atoms with van der Waals surface area (Å²) in [4.78, 5) is 24.0. The molecule has 0 saturated carbocycles. The van der Waals surface area contributed by atoms with E-state index in [0.717, 1.165) is 18.4 Å². The van der Waals surface area contributed by atoms with E-state index in [1.165, 1.54) is 0 Å². The third-order valence-corrected chi connectivity index (χ3v) is 13.6. The zero-order chi connectivity index (χ0) is 28.4. The number of pyridine rings is 1. The van der Waals surface area contributed by atoms with Gasteiger partial charge < -0.3 is 23.7 Å². The highest BCUT2D eigenvalue weighted by Crippen LogP contribution is 2.40. The van der Waals surface area contributed by atoms with Gasteiger partial charge in [0.2, 0.25) is 0 Å². The van der Waals surface area contributed by atoms with Crippen LogP contribution in [0.1, 0.15) is 45.6 Å². The second-order valence-corrected chi connectivity index (χ2v) is 17.7. The number of imidazole rings is 1. The van der Waals surface area contributed by atoms with Crippen molar-refractivity contribution in [2.24, 2.45) is 0 Å². The number of benzene rings is 1. The Morgan fingerprint density at radius 2 is 1.97 bits per heavy atom. The Bertz CT molecular complexity index is 1280. The lowest BCUT2D eigenvalue weighted by Gasteiger charge is -2.46. The van der Waals surface area contributed by atoms with Crippen LogP contribution in [0.4, 0.5) is 4.79 Å². The van der Waals surface area contributed by atoms with Gasteiger partial charge in [-0.3, -0.25) is 0 Å². The Balaban J connectivity index is 1.54. The molecule has 1 N–H and O–H groups in total. The van der Waals surface area contributed by atoms with Crippen molar-refractivity contribution in [2.45, 2.75) is 89.6 Å². The first-order valence-electron chi connectivity index (χ1n) is 13.4. The molecular formula is C28H38BrClN4O4Si. The second-order valence-electron chi connectivity index (χ2n) is 11.7. The van der Waals surface area contributed by atoms with Gasteiger partial charge in [0.25, 0.3) is 0 Å². The normalized spacial score (nSPS) is 19.3. The standard InChI is InChI=1S/C28H38BrClN4O4Si/c1-28(2,3)39(4,5)38-23-12-9-13-34(27(36)37-17-19-10-7-6-8-11-19)22(23)14-20(35)16-33-18-32-25-24(30)21(29)15-31-26(25)33/h6-8,10-11,15,18,20,22-23,35H,9,12-14,16-17H2,1-5H3/t20?,22-,23+/m1/s1. The molecule has 0 spiro atoms. The van der Waals surface area contributed by atoms with E-state index >= 15 is 0 Å². The Morgan fingerprint density at radius 1 is 1.26 bits per heavy atom. The van der Waals surface area contributed by atoms with Crippen LogP contribution >= 0.6 is 27.5 Å². The SMILES string of the molecule is CC(C)(C)[Si](C)(C)O[C@H]1CCCN(C(=O)OCc2ccccc2)[C@@H]1CC(O)Cn1cnc2c(Cl)c(Br)cnc21. The maximum atomic E-state index is 13.4. The number of likely N-dealkylation sites (tertiary alicyclic amines) is 1. The number of hydrogen-bond acceptors (Lipinski definition) is 6. The van der Waals surface area contributed by atoms with Gasteiger partial charge in [0.15, 0.2) is 14.0 Å². The van der Waals surface area contributed by atoms with E-state index in [-0.39, 0.29) is 36.4 Å². The number of amides is 1. The number of carbonyl (C=O) groups excluding carboxylic acids is 1. The number of aliphatic hydroxyl groups excluding tert-OH is 1. The minimum Gasteiger partial charge on any atom is -0.445 e. The molecule has 0 bridgehead atoms. The van der Waals surface area contributed by atoms with Crippen molar-refractivity contribution in [3.8, 4) is 0 Å². The average molecular weight is 638 g/mol. The number of piperidine rings is 1. The summed E-state index contributed by atoms with van der Waals surface area (Å²) in [7, 11) is -2.14. The third-order valence-electron chi connectivity index (χ3n) is 7.86. The molecule has 11 heteroatoms. The topological polar surface area (TPSA) is 89.7 Å². The van der Waals surface area contributed by atoms with Crippen LogP contribution in [0.15, 0.2) is 47.3 Å². The van der Waals surface area contributed by atoms with Gasteiger partial charge in [-0.15, -0.1) is 0 Å². The predicted octanol–water partition coefficient (Wildman–Crippen LogP) is 6.79. The van der Waals surface area contributed by atoms with Gasteiger partial charge in [-0.1, -0.05) is 62.7 Å². The summed E-state index contributed by atoms with van der Waals surface area (Å²) in [5, 5.41) is 11.8. The molecule has 1 aromatic carbocycles. The maximum absolute atomic E-state index is 13.4. The summed E-state index contributed by atoms with van der Waals surface area (Å²) in [6.45, 7) is 12.1. The highest BCUT2D eigenvalue weighted by Gasteiger charge is 2.44. The molecule has 8 nitrogen and oxygen atoms in total. The van der Waals surface area contributed by atoms with Crippen molar-refractivity contribution >= 4 is 53.1 Å². The number of hydrogen-bond donors (Lipinski definition) is 1. The van der Waals surface area contributed by atoms with Gasteiger partial charge in [-0.05, 0) is 58.9 Å². The van der Waals surface area contributed by atoms with Gasteiger partial charge in [-0.2, -0.15) is 0 Å². The molecule has 4 rings (SSSR count). The number of rotatable bonds is 8. The predicted molar refractivity (Wildman–Crippen MR) is 159 cm³/mol. The fourth-order valence-corrected chi connectivity index (χ4v) is 6.55. The first kappa shape index (κ1) is 30.0. The molecule has 3 aromatic rings. The van der Waals surface area contributed by atoms with Crippen molar-refractivity contribution in [1.29, 1.82) is 0 Å². The first-order valence-corrected chi connectivity index (χ1v) is 17.4. The molecule has 39 heavy (non-hydrogen) atoms. The molecule has 0 radical (unpaired) electrons. The van der Waals surface area contributed by atoms with Gasteiger partial charge >= 0.3 is 6.09 Å². The van der Waals surface area contributed by atoms with Crippen LogP contribution in [0.25, 0.3) is 11.2 Å². The largest absolute Gasteiger partial charge is 0.445 e. The number of ether oxygens (including phenoxy) is 1. The van der Waals surface area contributed by atoms with Crippen LogP contribution in [0, 0.1) is 0 Å².